The van der Waals surface area contributed by atoms with Crippen LogP contribution in [0.1, 0.15) is 21.7 Å². The number of halogens is 1. The highest BCUT2D eigenvalue weighted by molar-refractivity contribution is 6.32. The summed E-state index contributed by atoms with van der Waals surface area (Å²) in [6, 6.07) is 21.4. The Morgan fingerprint density at radius 1 is 1.06 bits per heavy atom. The average Bonchev–Trinajstić information content (AvgIpc) is 3.24. The molecule has 7 nitrogen and oxygen atoms in total. The molecule has 0 atom stereocenters. The smallest absolute Gasteiger partial charge is 0.307 e. The zero-order valence-corrected chi connectivity index (χ0v) is 18.4. The fraction of sp³-hybridized carbons (Fsp3) is 0.0800. The number of nitrogens with zero attached hydrogens (tertiary/aromatic N) is 1. The minimum Gasteiger partial charge on any atom is -0.482 e. The molecule has 0 fully saturated rings. The summed E-state index contributed by atoms with van der Waals surface area (Å²) >= 11 is 6.25. The van der Waals surface area contributed by atoms with Gasteiger partial charge in [-0.15, -0.1) is 0 Å². The van der Waals surface area contributed by atoms with Gasteiger partial charge in [0.15, 0.2) is 12.4 Å². The van der Waals surface area contributed by atoms with E-state index in [0.717, 1.165) is 10.9 Å². The van der Waals surface area contributed by atoms with Gasteiger partial charge in [0, 0.05) is 11.1 Å². The number of benzene rings is 3. The van der Waals surface area contributed by atoms with E-state index in [1.54, 1.807) is 30.3 Å². The SMILES string of the molecule is Cc1ccc(NC(=O)COc2ccc(/C=N/NC(=O)c3cc4ccccc4o3)cc2Cl)cc1. The number of nitrogens with one attached hydrogen (secondary N) is 2. The van der Waals surface area contributed by atoms with Crippen molar-refractivity contribution in [1.29, 1.82) is 0 Å². The number of amides is 2. The van der Waals surface area contributed by atoms with Crippen molar-refractivity contribution in [2.45, 2.75) is 6.92 Å². The molecule has 0 aliphatic carbocycles. The van der Waals surface area contributed by atoms with Gasteiger partial charge in [0.25, 0.3) is 5.91 Å². The minimum atomic E-state index is -0.465. The third-order valence-electron chi connectivity index (χ3n) is 4.68. The molecule has 166 valence electrons. The van der Waals surface area contributed by atoms with Gasteiger partial charge in [-0.1, -0.05) is 47.5 Å². The van der Waals surface area contributed by atoms with E-state index in [1.165, 1.54) is 6.21 Å². The van der Waals surface area contributed by atoms with Crippen LogP contribution < -0.4 is 15.5 Å². The molecule has 33 heavy (non-hydrogen) atoms. The Bertz CT molecular complexity index is 1300. The third kappa shape index (κ3) is 5.78. The number of para-hydroxylation sites is 1. The quantitative estimate of drug-likeness (QED) is 0.293. The maximum atomic E-state index is 12.2. The Morgan fingerprint density at radius 2 is 1.85 bits per heavy atom. The standard InChI is InChI=1S/C25H20ClN3O4/c1-16-6-9-19(10-7-16)28-24(30)15-32-22-11-8-17(12-20(22)26)14-27-29-25(31)23-13-18-4-2-3-5-21(18)33-23/h2-14H,15H2,1H3,(H,28,30)(H,29,31)/b27-14+. The van der Waals surface area contributed by atoms with Crippen molar-refractivity contribution < 1.29 is 18.7 Å². The molecule has 0 saturated carbocycles. The molecule has 2 N–H and O–H groups in total. The number of hydrogen-bond acceptors (Lipinski definition) is 5. The maximum absolute atomic E-state index is 12.2. The molecule has 3 aromatic carbocycles. The van der Waals surface area contributed by atoms with Crippen molar-refractivity contribution in [1.82, 2.24) is 5.43 Å². The highest BCUT2D eigenvalue weighted by Crippen LogP contribution is 2.25. The number of hydrazone groups is 1. The molecule has 0 aliphatic heterocycles. The fourth-order valence-corrected chi connectivity index (χ4v) is 3.25. The van der Waals surface area contributed by atoms with E-state index in [-0.39, 0.29) is 18.3 Å². The zero-order valence-electron chi connectivity index (χ0n) is 17.7. The molecular formula is C25H20ClN3O4. The number of anilines is 1. The molecule has 4 aromatic rings. The van der Waals surface area contributed by atoms with Crippen LogP contribution >= 0.6 is 11.6 Å². The first-order valence-electron chi connectivity index (χ1n) is 10.1. The molecule has 0 spiro atoms. The Hall–Kier alpha value is -4.10. The fourth-order valence-electron chi connectivity index (χ4n) is 3.01. The summed E-state index contributed by atoms with van der Waals surface area (Å²) in [4.78, 5) is 24.3. The van der Waals surface area contributed by atoms with Gasteiger partial charge in [-0.25, -0.2) is 5.43 Å². The Morgan fingerprint density at radius 3 is 2.61 bits per heavy atom. The second-order valence-corrected chi connectivity index (χ2v) is 7.65. The number of aryl methyl sites for hydroxylation is 1. The molecule has 4 rings (SSSR count). The van der Waals surface area contributed by atoms with Crippen LogP contribution in [-0.2, 0) is 4.79 Å². The van der Waals surface area contributed by atoms with Gasteiger partial charge in [0.05, 0.1) is 11.2 Å². The van der Waals surface area contributed by atoms with E-state index in [9.17, 15) is 9.59 Å². The topological polar surface area (TPSA) is 92.9 Å². The number of ether oxygens (including phenoxy) is 1. The van der Waals surface area contributed by atoms with Crippen molar-refractivity contribution in [3.63, 3.8) is 0 Å². The van der Waals surface area contributed by atoms with Crippen LogP contribution in [0.5, 0.6) is 5.75 Å². The van der Waals surface area contributed by atoms with Gasteiger partial charge in [0.1, 0.15) is 11.3 Å². The zero-order chi connectivity index (χ0) is 23.2. The highest BCUT2D eigenvalue weighted by Gasteiger charge is 2.11. The minimum absolute atomic E-state index is 0.166. The molecular weight excluding hydrogens is 442 g/mol. The second kappa shape index (κ2) is 10.0. The lowest BCUT2D eigenvalue weighted by Gasteiger charge is -2.09. The molecule has 0 saturated heterocycles. The summed E-state index contributed by atoms with van der Waals surface area (Å²) in [5.41, 5.74) is 5.48. The lowest BCUT2D eigenvalue weighted by molar-refractivity contribution is -0.118. The van der Waals surface area contributed by atoms with Gasteiger partial charge in [0.2, 0.25) is 0 Å². The summed E-state index contributed by atoms with van der Waals surface area (Å²) in [5, 5.41) is 7.84. The van der Waals surface area contributed by atoms with E-state index in [1.807, 2.05) is 49.4 Å². The largest absolute Gasteiger partial charge is 0.482 e. The number of rotatable bonds is 7. The van der Waals surface area contributed by atoms with Crippen molar-refractivity contribution in [2.24, 2.45) is 5.10 Å². The molecule has 0 radical (unpaired) electrons. The van der Waals surface area contributed by atoms with Crippen molar-refractivity contribution in [2.75, 3.05) is 11.9 Å². The van der Waals surface area contributed by atoms with E-state index < -0.39 is 5.91 Å². The van der Waals surface area contributed by atoms with Crippen LogP contribution in [0.4, 0.5) is 5.69 Å². The predicted molar refractivity (Wildman–Crippen MR) is 128 cm³/mol. The van der Waals surface area contributed by atoms with Crippen LogP contribution in [0.3, 0.4) is 0 Å². The Labute approximate surface area is 195 Å². The molecule has 8 heteroatoms. The van der Waals surface area contributed by atoms with Crippen LogP contribution in [0.2, 0.25) is 5.02 Å². The number of carbonyl (C=O) groups excluding carboxylic acids is 2. The van der Waals surface area contributed by atoms with Crippen LogP contribution in [-0.4, -0.2) is 24.6 Å². The first-order valence-corrected chi connectivity index (χ1v) is 10.5. The van der Waals surface area contributed by atoms with E-state index >= 15 is 0 Å². The molecule has 1 aromatic heterocycles. The summed E-state index contributed by atoms with van der Waals surface area (Å²) in [5.74, 6) is -0.236. The second-order valence-electron chi connectivity index (χ2n) is 7.24. The lowest BCUT2D eigenvalue weighted by atomic mass is 10.2. The van der Waals surface area contributed by atoms with E-state index in [2.05, 4.69) is 15.8 Å². The van der Waals surface area contributed by atoms with Gasteiger partial charge in [-0.05, 0) is 55.0 Å². The first kappa shape index (κ1) is 22.1. The maximum Gasteiger partial charge on any atom is 0.307 e. The number of carbonyl (C=O) groups is 2. The molecule has 1 heterocycles. The van der Waals surface area contributed by atoms with Crippen molar-refractivity contribution in [3.05, 3.63) is 94.7 Å². The van der Waals surface area contributed by atoms with E-state index in [0.29, 0.717) is 27.6 Å². The van der Waals surface area contributed by atoms with Gasteiger partial charge < -0.3 is 14.5 Å². The highest BCUT2D eigenvalue weighted by atomic mass is 35.5. The monoisotopic (exact) mass is 461 g/mol. The average molecular weight is 462 g/mol. The summed E-state index contributed by atoms with van der Waals surface area (Å²) in [6.45, 7) is 1.79. The van der Waals surface area contributed by atoms with Gasteiger partial charge in [-0.3, -0.25) is 9.59 Å². The normalized spacial score (nSPS) is 11.0. The number of hydrogen-bond donors (Lipinski definition) is 2. The number of fused-ring (bicyclic) bond motifs is 1. The van der Waals surface area contributed by atoms with Gasteiger partial charge in [-0.2, -0.15) is 5.10 Å². The summed E-state index contributed by atoms with van der Waals surface area (Å²) in [6.07, 6.45) is 1.44. The Kier molecular flexibility index (Phi) is 6.71. The van der Waals surface area contributed by atoms with Crippen LogP contribution in [0.15, 0.2) is 82.3 Å². The first-order chi connectivity index (χ1) is 16.0. The Balaban J connectivity index is 1.30. The molecule has 0 aliphatic rings. The third-order valence-corrected chi connectivity index (χ3v) is 4.97. The molecule has 0 bridgehead atoms. The van der Waals surface area contributed by atoms with Crippen LogP contribution in [0.25, 0.3) is 11.0 Å². The van der Waals surface area contributed by atoms with Gasteiger partial charge >= 0.3 is 5.91 Å². The number of furan rings is 1. The molecule has 2 amide bonds. The molecule has 0 unspecified atom stereocenters. The summed E-state index contributed by atoms with van der Waals surface area (Å²) in [7, 11) is 0. The lowest BCUT2D eigenvalue weighted by Crippen LogP contribution is -2.20. The van der Waals surface area contributed by atoms with Crippen molar-refractivity contribution in [3.8, 4) is 5.75 Å². The predicted octanol–water partition coefficient (Wildman–Crippen LogP) is 5.18. The van der Waals surface area contributed by atoms with E-state index in [4.69, 9.17) is 20.8 Å². The van der Waals surface area contributed by atoms with Crippen LogP contribution in [0, 0.1) is 6.92 Å². The van der Waals surface area contributed by atoms with Crippen molar-refractivity contribution >= 4 is 46.3 Å². The summed E-state index contributed by atoms with van der Waals surface area (Å²) < 4.78 is 11.0.